The van der Waals surface area contributed by atoms with Gasteiger partial charge in [-0.05, 0) is 12.5 Å². The fraction of sp³-hybridized carbons (Fsp3) is 0.267. The Kier molecular flexibility index (Phi) is 4.42. The number of anilines is 1. The Morgan fingerprint density at radius 3 is 2.67 bits per heavy atom. The van der Waals surface area contributed by atoms with E-state index in [2.05, 4.69) is 25.5 Å². The van der Waals surface area contributed by atoms with Crippen LogP contribution >= 0.6 is 11.6 Å². The molecule has 0 amide bonds. The van der Waals surface area contributed by atoms with Crippen LogP contribution < -0.4 is 5.32 Å². The van der Waals surface area contributed by atoms with Crippen LogP contribution in [-0.4, -0.2) is 41.4 Å². The van der Waals surface area contributed by atoms with E-state index < -0.39 is 9.84 Å². The lowest BCUT2D eigenvalue weighted by molar-refractivity contribution is 0.593. The maximum atomic E-state index is 11.8. The number of nitrogens with zero attached hydrogens (tertiary/aromatic N) is 3. The highest BCUT2D eigenvalue weighted by molar-refractivity contribution is 7.90. The summed E-state index contributed by atoms with van der Waals surface area (Å²) in [5.41, 5.74) is 1.65. The fourth-order valence-electron chi connectivity index (χ4n) is 2.30. The average Bonchev–Trinajstić information content (AvgIpc) is 2.96. The summed E-state index contributed by atoms with van der Waals surface area (Å²) in [7, 11) is -3.54. The van der Waals surface area contributed by atoms with E-state index in [4.69, 9.17) is 11.6 Å². The quantitative estimate of drug-likeness (QED) is 0.674. The van der Waals surface area contributed by atoms with E-state index in [1.807, 2.05) is 25.1 Å². The van der Waals surface area contributed by atoms with Gasteiger partial charge >= 0.3 is 0 Å². The molecule has 2 N–H and O–H groups in total. The maximum absolute atomic E-state index is 11.8. The number of hydrogen-bond acceptors (Lipinski definition) is 6. The van der Waals surface area contributed by atoms with Crippen molar-refractivity contribution in [1.29, 1.82) is 0 Å². The third kappa shape index (κ3) is 3.07. The van der Waals surface area contributed by atoms with Crippen LogP contribution in [-0.2, 0) is 9.84 Å². The van der Waals surface area contributed by atoms with Crippen LogP contribution in [0.5, 0.6) is 0 Å². The van der Waals surface area contributed by atoms with E-state index in [0.717, 1.165) is 18.2 Å². The Bertz CT molecular complexity index is 1000. The summed E-state index contributed by atoms with van der Waals surface area (Å²) < 4.78 is 23.7. The van der Waals surface area contributed by atoms with Crippen molar-refractivity contribution >= 4 is 38.3 Å². The van der Waals surface area contributed by atoms with Crippen LogP contribution in [0.15, 0.2) is 29.4 Å². The first-order chi connectivity index (χ1) is 11.4. The highest BCUT2D eigenvalue weighted by atomic mass is 35.5. The van der Waals surface area contributed by atoms with Crippen molar-refractivity contribution < 1.29 is 8.42 Å². The van der Waals surface area contributed by atoms with E-state index in [9.17, 15) is 8.42 Å². The van der Waals surface area contributed by atoms with Crippen LogP contribution in [0.1, 0.15) is 13.3 Å². The van der Waals surface area contributed by atoms with E-state index >= 15 is 0 Å². The average molecular weight is 366 g/mol. The second-order valence-corrected chi connectivity index (χ2v) is 7.65. The van der Waals surface area contributed by atoms with Gasteiger partial charge in [-0.3, -0.25) is 5.10 Å². The second kappa shape index (κ2) is 6.37. The molecule has 126 valence electrons. The number of sulfone groups is 1. The lowest BCUT2D eigenvalue weighted by atomic mass is 10.1. The normalized spacial score (nSPS) is 11.8. The molecule has 0 aliphatic carbocycles. The number of nitrogens with one attached hydrogen (secondary N) is 2. The van der Waals surface area contributed by atoms with Crippen molar-refractivity contribution in [3.8, 4) is 11.3 Å². The summed E-state index contributed by atoms with van der Waals surface area (Å²) in [5.74, 6) is 0.422. The van der Waals surface area contributed by atoms with Gasteiger partial charge in [0.05, 0.1) is 10.4 Å². The molecule has 0 atom stereocenters. The van der Waals surface area contributed by atoms with E-state index in [1.165, 1.54) is 0 Å². The van der Waals surface area contributed by atoms with Crippen LogP contribution in [0, 0.1) is 0 Å². The highest BCUT2D eigenvalue weighted by Crippen LogP contribution is 2.34. The lowest BCUT2D eigenvalue weighted by Crippen LogP contribution is -2.09. The molecule has 7 nitrogen and oxygen atoms in total. The van der Waals surface area contributed by atoms with Crippen LogP contribution in [0.25, 0.3) is 22.3 Å². The molecule has 0 aliphatic heterocycles. The molecule has 1 aromatic carbocycles. The lowest BCUT2D eigenvalue weighted by Gasteiger charge is -2.08. The fourth-order valence-corrected chi connectivity index (χ4v) is 3.03. The summed E-state index contributed by atoms with van der Waals surface area (Å²) in [6, 6.07) is 7.29. The monoisotopic (exact) mass is 365 g/mol. The molecule has 0 radical (unpaired) electrons. The number of H-pyrrole nitrogens is 1. The Balaban J connectivity index is 2.29. The van der Waals surface area contributed by atoms with E-state index in [1.54, 1.807) is 6.07 Å². The van der Waals surface area contributed by atoms with Gasteiger partial charge < -0.3 is 5.32 Å². The van der Waals surface area contributed by atoms with Crippen molar-refractivity contribution in [2.45, 2.75) is 18.5 Å². The minimum absolute atomic E-state index is 0.247. The standard InChI is InChI=1S/C15H16ClN5O2S/c1-3-8-17-13-11-12(9-6-4-5-7-10(9)16)20-21-14(11)19-15(18-13)24(2,22)23/h4-7H,3,8H2,1-2H3,(H2,17,18,19,20,21). The number of halogens is 1. The Morgan fingerprint density at radius 2 is 2.00 bits per heavy atom. The molecule has 9 heteroatoms. The van der Waals surface area contributed by atoms with E-state index in [-0.39, 0.29) is 5.16 Å². The first-order valence-corrected chi connectivity index (χ1v) is 9.63. The number of aromatic amines is 1. The van der Waals surface area contributed by atoms with Crippen LogP contribution in [0.2, 0.25) is 5.02 Å². The number of hydrogen-bond donors (Lipinski definition) is 2. The molecule has 24 heavy (non-hydrogen) atoms. The SMILES string of the molecule is CCCNc1nc(S(C)(=O)=O)nc2[nH]nc(-c3ccccc3Cl)c12. The van der Waals surface area contributed by atoms with Crippen LogP contribution in [0.4, 0.5) is 5.82 Å². The Morgan fingerprint density at radius 1 is 1.25 bits per heavy atom. The molecule has 0 bridgehead atoms. The van der Waals surface area contributed by atoms with Crippen molar-refractivity contribution in [3.05, 3.63) is 29.3 Å². The Hall–Kier alpha value is -2.19. The van der Waals surface area contributed by atoms with Crippen LogP contribution in [0.3, 0.4) is 0 Å². The summed E-state index contributed by atoms with van der Waals surface area (Å²) in [6.45, 7) is 2.65. The van der Waals surface area contributed by atoms with Crippen molar-refractivity contribution in [1.82, 2.24) is 20.2 Å². The smallest absolute Gasteiger partial charge is 0.250 e. The molecular weight excluding hydrogens is 350 g/mol. The van der Waals surface area contributed by atoms with Gasteiger partial charge in [0, 0.05) is 18.4 Å². The molecule has 2 aromatic heterocycles. The summed E-state index contributed by atoms with van der Waals surface area (Å²) in [4.78, 5) is 8.28. The molecule has 0 unspecified atom stereocenters. The summed E-state index contributed by atoms with van der Waals surface area (Å²) in [6.07, 6.45) is 1.93. The second-order valence-electron chi connectivity index (χ2n) is 5.33. The molecule has 0 saturated carbocycles. The van der Waals surface area contributed by atoms with Gasteiger partial charge in [-0.1, -0.05) is 36.7 Å². The zero-order chi connectivity index (χ0) is 17.3. The van der Waals surface area contributed by atoms with Crippen molar-refractivity contribution in [2.24, 2.45) is 0 Å². The molecule has 0 spiro atoms. The number of rotatable bonds is 5. The van der Waals surface area contributed by atoms with Gasteiger partial charge in [-0.25, -0.2) is 13.4 Å². The van der Waals surface area contributed by atoms with Gasteiger partial charge in [0.1, 0.15) is 11.5 Å². The molecule has 3 aromatic rings. The molecule has 0 aliphatic rings. The van der Waals surface area contributed by atoms with Gasteiger partial charge in [0.15, 0.2) is 5.65 Å². The van der Waals surface area contributed by atoms with Gasteiger partial charge in [-0.15, -0.1) is 0 Å². The van der Waals surface area contributed by atoms with Gasteiger partial charge in [-0.2, -0.15) is 10.1 Å². The highest BCUT2D eigenvalue weighted by Gasteiger charge is 2.21. The third-order valence-corrected chi connectivity index (χ3v) is 4.58. The number of benzene rings is 1. The number of fused-ring (bicyclic) bond motifs is 1. The maximum Gasteiger partial charge on any atom is 0.250 e. The minimum Gasteiger partial charge on any atom is -0.369 e. The predicted octanol–water partition coefficient (Wildman–Crippen LogP) is 2.90. The molecule has 2 heterocycles. The predicted molar refractivity (Wildman–Crippen MR) is 94.0 cm³/mol. The minimum atomic E-state index is -3.54. The first-order valence-electron chi connectivity index (χ1n) is 7.36. The third-order valence-electron chi connectivity index (χ3n) is 3.40. The zero-order valence-electron chi connectivity index (χ0n) is 13.2. The molecule has 3 rings (SSSR count). The van der Waals surface area contributed by atoms with E-state index in [0.29, 0.717) is 34.1 Å². The van der Waals surface area contributed by atoms with Crippen molar-refractivity contribution in [2.75, 3.05) is 18.1 Å². The number of aromatic nitrogens is 4. The molecule has 0 fully saturated rings. The van der Waals surface area contributed by atoms with Gasteiger partial charge in [0.2, 0.25) is 9.84 Å². The van der Waals surface area contributed by atoms with Crippen molar-refractivity contribution in [3.63, 3.8) is 0 Å². The Labute approximate surface area is 144 Å². The first kappa shape index (κ1) is 16.7. The molecule has 0 saturated heterocycles. The summed E-state index contributed by atoms with van der Waals surface area (Å²) in [5, 5.41) is 11.1. The summed E-state index contributed by atoms with van der Waals surface area (Å²) >= 11 is 6.27. The largest absolute Gasteiger partial charge is 0.369 e. The van der Waals surface area contributed by atoms with Gasteiger partial charge in [0.25, 0.3) is 5.16 Å². The zero-order valence-corrected chi connectivity index (χ0v) is 14.7. The molecular formula is C15H16ClN5O2S. The topological polar surface area (TPSA) is 101 Å².